The van der Waals surface area contributed by atoms with Crippen molar-refractivity contribution < 1.29 is 4.74 Å². The van der Waals surface area contributed by atoms with Gasteiger partial charge in [-0.1, -0.05) is 0 Å². The zero-order chi connectivity index (χ0) is 20.2. The van der Waals surface area contributed by atoms with Crippen molar-refractivity contribution in [1.29, 1.82) is 5.26 Å². The second kappa shape index (κ2) is 8.29. The molecule has 1 aromatic carbocycles. The Morgan fingerprint density at radius 3 is 2.59 bits per heavy atom. The number of aryl methyl sites for hydroxylation is 1. The molecular weight excluding hydrogens is 366 g/mol. The van der Waals surface area contributed by atoms with Gasteiger partial charge in [0.15, 0.2) is 11.6 Å². The summed E-state index contributed by atoms with van der Waals surface area (Å²) in [7, 11) is 1.85. The molecule has 0 saturated carbocycles. The van der Waals surface area contributed by atoms with Crippen LogP contribution >= 0.6 is 0 Å². The highest BCUT2D eigenvalue weighted by molar-refractivity contribution is 5.66. The highest BCUT2D eigenvalue weighted by Crippen LogP contribution is 2.34. The topological polar surface area (TPSA) is 106 Å². The SMILES string of the molecule is Cn1nc(N2CCCCC2)cc1Oc1cc(C#N)ccc1-c1ncc(CN)cn1. The van der Waals surface area contributed by atoms with Crippen LogP contribution in [0.1, 0.15) is 30.4 Å². The van der Waals surface area contributed by atoms with E-state index in [1.807, 2.05) is 13.1 Å². The smallest absolute Gasteiger partial charge is 0.219 e. The predicted molar refractivity (Wildman–Crippen MR) is 109 cm³/mol. The summed E-state index contributed by atoms with van der Waals surface area (Å²) in [4.78, 5) is 11.1. The number of ether oxygens (including phenoxy) is 1. The van der Waals surface area contributed by atoms with E-state index in [9.17, 15) is 5.26 Å². The fourth-order valence-corrected chi connectivity index (χ4v) is 3.38. The van der Waals surface area contributed by atoms with E-state index < -0.39 is 0 Å². The van der Waals surface area contributed by atoms with Gasteiger partial charge in [0.25, 0.3) is 0 Å². The first-order valence-corrected chi connectivity index (χ1v) is 9.70. The molecule has 1 fully saturated rings. The molecule has 29 heavy (non-hydrogen) atoms. The van der Waals surface area contributed by atoms with Gasteiger partial charge in [0.1, 0.15) is 5.75 Å². The van der Waals surface area contributed by atoms with Gasteiger partial charge >= 0.3 is 0 Å². The Kier molecular flexibility index (Phi) is 5.40. The zero-order valence-electron chi connectivity index (χ0n) is 16.4. The van der Waals surface area contributed by atoms with Crippen LogP contribution in [0.15, 0.2) is 36.7 Å². The Hall–Kier alpha value is -3.44. The van der Waals surface area contributed by atoms with Crippen LogP contribution in [0.5, 0.6) is 11.6 Å². The summed E-state index contributed by atoms with van der Waals surface area (Å²) in [6.07, 6.45) is 7.01. The maximum atomic E-state index is 9.31. The molecule has 0 bridgehead atoms. The molecule has 0 aliphatic carbocycles. The van der Waals surface area contributed by atoms with Crippen LogP contribution in [0.3, 0.4) is 0 Å². The van der Waals surface area contributed by atoms with Crippen LogP contribution in [-0.4, -0.2) is 32.8 Å². The molecule has 148 valence electrons. The molecule has 2 aromatic heterocycles. The van der Waals surface area contributed by atoms with Gasteiger partial charge < -0.3 is 15.4 Å². The van der Waals surface area contributed by atoms with Crippen molar-refractivity contribution in [1.82, 2.24) is 19.7 Å². The number of nitriles is 1. The second-order valence-electron chi connectivity index (χ2n) is 7.06. The van der Waals surface area contributed by atoms with E-state index in [-0.39, 0.29) is 0 Å². The first-order chi connectivity index (χ1) is 14.2. The average Bonchev–Trinajstić information content (AvgIpc) is 3.14. The minimum absolute atomic E-state index is 0.380. The van der Waals surface area contributed by atoms with E-state index >= 15 is 0 Å². The first-order valence-electron chi connectivity index (χ1n) is 9.70. The summed E-state index contributed by atoms with van der Waals surface area (Å²) >= 11 is 0. The van der Waals surface area contributed by atoms with Crippen molar-refractivity contribution in [3.05, 3.63) is 47.8 Å². The van der Waals surface area contributed by atoms with Gasteiger partial charge in [-0.2, -0.15) is 10.4 Å². The van der Waals surface area contributed by atoms with Crippen molar-refractivity contribution in [2.75, 3.05) is 18.0 Å². The fourth-order valence-electron chi connectivity index (χ4n) is 3.38. The van der Waals surface area contributed by atoms with Gasteiger partial charge in [-0.05, 0) is 37.5 Å². The van der Waals surface area contributed by atoms with E-state index in [2.05, 4.69) is 26.0 Å². The Bertz CT molecular complexity index is 1030. The van der Waals surface area contributed by atoms with Gasteiger partial charge in [-0.3, -0.25) is 0 Å². The van der Waals surface area contributed by atoms with Crippen LogP contribution in [0.2, 0.25) is 0 Å². The summed E-state index contributed by atoms with van der Waals surface area (Å²) in [5.41, 5.74) is 7.69. The monoisotopic (exact) mass is 389 g/mol. The summed E-state index contributed by atoms with van der Waals surface area (Å²) in [5.74, 6) is 2.53. The molecule has 2 N–H and O–H groups in total. The molecule has 8 nitrogen and oxygen atoms in total. The lowest BCUT2D eigenvalue weighted by molar-refractivity contribution is 0.431. The molecule has 1 saturated heterocycles. The second-order valence-corrected chi connectivity index (χ2v) is 7.06. The fraction of sp³-hybridized carbons (Fsp3) is 0.333. The summed E-state index contributed by atoms with van der Waals surface area (Å²) in [6.45, 7) is 2.39. The Labute approximate surface area is 169 Å². The maximum Gasteiger partial charge on any atom is 0.219 e. The third-order valence-electron chi connectivity index (χ3n) is 5.01. The summed E-state index contributed by atoms with van der Waals surface area (Å²) < 4.78 is 7.90. The normalized spacial score (nSPS) is 13.9. The molecule has 0 spiro atoms. The number of nitrogens with two attached hydrogens (primary N) is 1. The lowest BCUT2D eigenvalue weighted by Crippen LogP contribution is -2.29. The van der Waals surface area contributed by atoms with Crippen LogP contribution in [0.25, 0.3) is 11.4 Å². The highest BCUT2D eigenvalue weighted by Gasteiger charge is 2.18. The van der Waals surface area contributed by atoms with Gasteiger partial charge in [0.2, 0.25) is 5.88 Å². The number of rotatable bonds is 5. The lowest BCUT2D eigenvalue weighted by Gasteiger charge is -2.26. The zero-order valence-corrected chi connectivity index (χ0v) is 16.4. The van der Waals surface area contributed by atoms with Gasteiger partial charge in [-0.15, -0.1) is 0 Å². The van der Waals surface area contributed by atoms with Crippen molar-refractivity contribution in [3.8, 4) is 29.1 Å². The van der Waals surface area contributed by atoms with Gasteiger partial charge in [0.05, 0.1) is 17.2 Å². The third-order valence-corrected chi connectivity index (χ3v) is 5.01. The van der Waals surface area contributed by atoms with Crippen molar-refractivity contribution >= 4 is 5.82 Å². The molecule has 3 heterocycles. The summed E-state index contributed by atoms with van der Waals surface area (Å²) in [5, 5.41) is 13.9. The van der Waals surface area contributed by atoms with Gasteiger partial charge in [-0.25, -0.2) is 14.6 Å². The molecule has 0 atom stereocenters. The molecule has 4 rings (SSSR count). The van der Waals surface area contributed by atoms with E-state index in [0.717, 1.165) is 24.5 Å². The Morgan fingerprint density at radius 2 is 1.90 bits per heavy atom. The van der Waals surface area contributed by atoms with Crippen LogP contribution in [0.4, 0.5) is 5.82 Å². The van der Waals surface area contributed by atoms with Gasteiger partial charge in [0, 0.05) is 50.7 Å². The largest absolute Gasteiger partial charge is 0.438 e. The molecule has 0 amide bonds. The van der Waals surface area contributed by atoms with Crippen molar-refractivity contribution in [2.24, 2.45) is 12.8 Å². The van der Waals surface area contributed by atoms with Crippen molar-refractivity contribution in [3.63, 3.8) is 0 Å². The number of hydrogen-bond donors (Lipinski definition) is 1. The average molecular weight is 389 g/mol. The van der Waals surface area contributed by atoms with E-state index in [0.29, 0.717) is 35.1 Å². The lowest BCUT2D eigenvalue weighted by atomic mass is 10.1. The molecular formula is C21H23N7O. The third kappa shape index (κ3) is 4.05. The minimum Gasteiger partial charge on any atom is -0.438 e. The van der Waals surface area contributed by atoms with Crippen LogP contribution in [-0.2, 0) is 13.6 Å². The number of benzene rings is 1. The van der Waals surface area contributed by atoms with E-state index in [1.165, 1.54) is 19.3 Å². The molecule has 1 aliphatic heterocycles. The number of piperidine rings is 1. The highest BCUT2D eigenvalue weighted by atomic mass is 16.5. The number of aromatic nitrogens is 4. The number of hydrogen-bond acceptors (Lipinski definition) is 7. The summed E-state index contributed by atoms with van der Waals surface area (Å²) in [6, 6.07) is 9.31. The standard InChI is InChI=1S/C21H23N7O/c1-27-20(10-19(26-27)28-7-3-2-4-8-28)29-18-9-15(11-22)5-6-17(18)21-24-13-16(12-23)14-25-21/h5-6,9-10,13-14H,2-4,7-8,12,23H2,1H3. The molecule has 0 unspecified atom stereocenters. The molecule has 8 heteroatoms. The van der Waals surface area contributed by atoms with E-state index in [4.69, 9.17) is 10.5 Å². The maximum absolute atomic E-state index is 9.31. The molecule has 1 aliphatic rings. The van der Waals surface area contributed by atoms with Crippen LogP contribution < -0.4 is 15.4 Å². The first kappa shape index (κ1) is 18.9. The minimum atomic E-state index is 0.380. The molecule has 3 aromatic rings. The van der Waals surface area contributed by atoms with Crippen LogP contribution in [0, 0.1) is 11.3 Å². The molecule has 0 radical (unpaired) electrons. The quantitative estimate of drug-likeness (QED) is 0.715. The Morgan fingerprint density at radius 1 is 1.14 bits per heavy atom. The predicted octanol–water partition coefficient (Wildman–Crippen LogP) is 2.99. The number of anilines is 1. The Balaban J connectivity index is 1.67. The van der Waals surface area contributed by atoms with Crippen molar-refractivity contribution in [2.45, 2.75) is 25.8 Å². The number of nitrogens with zero attached hydrogens (tertiary/aromatic N) is 6. The van der Waals surface area contributed by atoms with E-state index in [1.54, 1.807) is 35.3 Å².